The number of hydrogen-bond donors (Lipinski definition) is 1. The largest absolute Gasteiger partial charge is 0.507 e. The third kappa shape index (κ3) is 4.81. The van der Waals surface area contributed by atoms with E-state index in [0.717, 1.165) is 4.68 Å². The molecule has 3 heterocycles. The van der Waals surface area contributed by atoms with Gasteiger partial charge < -0.3 is 9.84 Å². The summed E-state index contributed by atoms with van der Waals surface area (Å²) in [7, 11) is 0. The molecule has 0 aliphatic heterocycles. The van der Waals surface area contributed by atoms with Gasteiger partial charge in [0.25, 0.3) is 5.56 Å². The van der Waals surface area contributed by atoms with Crippen molar-refractivity contribution < 1.29 is 23.0 Å². The van der Waals surface area contributed by atoms with Gasteiger partial charge in [0.15, 0.2) is 6.61 Å². The summed E-state index contributed by atoms with van der Waals surface area (Å²) < 4.78 is 42.0. The average molecular weight is 393 g/mol. The summed E-state index contributed by atoms with van der Waals surface area (Å²) in [4.78, 5) is 23.5. The Morgan fingerprint density at radius 3 is 2.50 bits per heavy atom. The van der Waals surface area contributed by atoms with Gasteiger partial charge in [-0.05, 0) is 13.0 Å². The van der Waals surface area contributed by atoms with Crippen LogP contribution in [-0.4, -0.2) is 42.6 Å². The highest BCUT2D eigenvalue weighted by Crippen LogP contribution is 2.19. The molecule has 0 aliphatic rings. The van der Waals surface area contributed by atoms with Crippen LogP contribution < -0.4 is 10.3 Å². The van der Waals surface area contributed by atoms with Crippen LogP contribution in [0.25, 0.3) is 11.3 Å². The van der Waals surface area contributed by atoms with E-state index in [0.29, 0.717) is 22.5 Å². The summed E-state index contributed by atoms with van der Waals surface area (Å²) in [5, 5.41) is 14.2. The van der Waals surface area contributed by atoms with Gasteiger partial charge in [0.2, 0.25) is 0 Å². The van der Waals surface area contributed by atoms with E-state index >= 15 is 0 Å². The summed E-state index contributed by atoms with van der Waals surface area (Å²) in [6.07, 6.45) is -0.571. The SMILES string of the molecule is Cc1cc(O)c(Cn2nc(-c3cnc(OCC(F)(F)F)nc3)ccc2=O)cn1. The van der Waals surface area contributed by atoms with Gasteiger partial charge in [-0.25, -0.2) is 14.6 Å². The molecule has 0 saturated heterocycles. The number of aromatic hydroxyl groups is 1. The van der Waals surface area contributed by atoms with Crippen LogP contribution in [0.4, 0.5) is 13.2 Å². The van der Waals surface area contributed by atoms with Gasteiger partial charge in [-0.1, -0.05) is 0 Å². The molecule has 11 heteroatoms. The predicted molar refractivity (Wildman–Crippen MR) is 90.8 cm³/mol. The number of aromatic nitrogens is 5. The molecule has 0 aliphatic carbocycles. The number of halogens is 3. The maximum Gasteiger partial charge on any atom is 0.422 e. The van der Waals surface area contributed by atoms with Gasteiger partial charge in [-0.2, -0.15) is 18.3 Å². The van der Waals surface area contributed by atoms with E-state index in [1.54, 1.807) is 6.92 Å². The van der Waals surface area contributed by atoms with Gasteiger partial charge in [0.05, 0.1) is 12.2 Å². The zero-order valence-electron chi connectivity index (χ0n) is 14.5. The lowest BCUT2D eigenvalue weighted by Gasteiger charge is -2.09. The molecule has 0 unspecified atom stereocenters. The van der Waals surface area contributed by atoms with Crippen LogP contribution in [0, 0.1) is 6.92 Å². The fourth-order valence-electron chi connectivity index (χ4n) is 2.24. The van der Waals surface area contributed by atoms with Crippen molar-refractivity contribution in [2.75, 3.05) is 6.61 Å². The lowest BCUT2D eigenvalue weighted by Crippen LogP contribution is -2.23. The van der Waals surface area contributed by atoms with E-state index in [-0.39, 0.29) is 12.3 Å². The van der Waals surface area contributed by atoms with Crippen molar-refractivity contribution in [2.24, 2.45) is 0 Å². The number of rotatable bonds is 5. The minimum atomic E-state index is -4.49. The molecular weight excluding hydrogens is 379 g/mol. The molecule has 0 spiro atoms. The molecule has 146 valence electrons. The first-order valence-corrected chi connectivity index (χ1v) is 7.96. The van der Waals surface area contributed by atoms with E-state index in [1.807, 2.05) is 0 Å². The maximum atomic E-state index is 12.2. The molecule has 28 heavy (non-hydrogen) atoms. The number of pyridine rings is 1. The van der Waals surface area contributed by atoms with Crippen molar-refractivity contribution in [2.45, 2.75) is 19.6 Å². The Morgan fingerprint density at radius 2 is 1.86 bits per heavy atom. The van der Waals surface area contributed by atoms with Crippen LogP contribution in [0.15, 0.2) is 41.6 Å². The van der Waals surface area contributed by atoms with Gasteiger partial charge >= 0.3 is 12.2 Å². The van der Waals surface area contributed by atoms with Crippen molar-refractivity contribution in [1.29, 1.82) is 0 Å². The Labute approximate surface area is 156 Å². The second kappa shape index (κ2) is 7.62. The molecule has 1 N–H and O–H groups in total. The summed E-state index contributed by atoms with van der Waals surface area (Å²) in [6.45, 7) is 0.208. The Hall–Kier alpha value is -3.50. The Balaban J connectivity index is 1.82. The van der Waals surface area contributed by atoms with Gasteiger partial charge in [0.1, 0.15) is 5.75 Å². The number of nitrogens with zero attached hydrogens (tertiary/aromatic N) is 5. The van der Waals surface area contributed by atoms with Gasteiger partial charge in [-0.3, -0.25) is 9.78 Å². The van der Waals surface area contributed by atoms with Crippen molar-refractivity contribution in [3.63, 3.8) is 0 Å². The highest BCUT2D eigenvalue weighted by molar-refractivity contribution is 5.55. The summed E-state index contributed by atoms with van der Waals surface area (Å²) in [5.41, 5.74) is 1.32. The molecule has 0 fully saturated rings. The third-order valence-electron chi connectivity index (χ3n) is 3.57. The monoisotopic (exact) mass is 393 g/mol. The normalized spacial score (nSPS) is 11.4. The van der Waals surface area contributed by atoms with Crippen molar-refractivity contribution in [3.05, 3.63) is 58.4 Å². The molecule has 0 aromatic carbocycles. The topological polar surface area (TPSA) is 103 Å². The summed E-state index contributed by atoms with van der Waals surface area (Å²) in [6, 6.07) is 3.75. The second-order valence-corrected chi connectivity index (χ2v) is 5.83. The molecular formula is C17H14F3N5O3. The van der Waals surface area contributed by atoms with Crippen molar-refractivity contribution >= 4 is 0 Å². The molecule has 0 saturated carbocycles. The van der Waals surface area contributed by atoms with Gasteiger partial charge in [-0.15, -0.1) is 0 Å². The molecule has 0 amide bonds. The van der Waals surface area contributed by atoms with E-state index in [4.69, 9.17) is 0 Å². The number of ether oxygens (including phenoxy) is 1. The minimum Gasteiger partial charge on any atom is -0.507 e. The second-order valence-electron chi connectivity index (χ2n) is 5.83. The fraction of sp³-hybridized carbons (Fsp3) is 0.235. The number of hydrogen-bond acceptors (Lipinski definition) is 7. The summed E-state index contributed by atoms with van der Waals surface area (Å²) in [5.74, 6) is -0.0129. The van der Waals surface area contributed by atoms with E-state index in [2.05, 4.69) is 24.8 Å². The average Bonchev–Trinajstić information content (AvgIpc) is 2.64. The maximum absolute atomic E-state index is 12.2. The van der Waals surface area contributed by atoms with E-state index in [9.17, 15) is 23.1 Å². The molecule has 0 atom stereocenters. The van der Waals surface area contributed by atoms with Crippen LogP contribution >= 0.6 is 0 Å². The Kier molecular flexibility index (Phi) is 5.25. The first-order chi connectivity index (χ1) is 13.2. The van der Waals surface area contributed by atoms with Crippen LogP contribution in [0.3, 0.4) is 0 Å². The zero-order valence-corrected chi connectivity index (χ0v) is 14.5. The highest BCUT2D eigenvalue weighted by Gasteiger charge is 2.28. The van der Waals surface area contributed by atoms with Crippen molar-refractivity contribution in [1.82, 2.24) is 24.7 Å². The molecule has 3 rings (SSSR count). The van der Waals surface area contributed by atoms with Crippen LogP contribution in [0.2, 0.25) is 0 Å². The lowest BCUT2D eigenvalue weighted by atomic mass is 10.2. The number of alkyl halides is 3. The van der Waals surface area contributed by atoms with E-state index in [1.165, 1.54) is 36.8 Å². The molecule has 3 aromatic rings. The predicted octanol–water partition coefficient (Wildman–Crippen LogP) is 2.10. The summed E-state index contributed by atoms with van der Waals surface area (Å²) >= 11 is 0. The smallest absolute Gasteiger partial charge is 0.422 e. The Bertz CT molecular complexity index is 1040. The van der Waals surface area contributed by atoms with Gasteiger partial charge in [0, 0.05) is 47.5 Å². The molecule has 3 aromatic heterocycles. The Morgan fingerprint density at radius 1 is 1.14 bits per heavy atom. The zero-order chi connectivity index (χ0) is 20.3. The minimum absolute atomic E-state index is 0.0129. The molecule has 8 nitrogen and oxygen atoms in total. The first kappa shape index (κ1) is 19.3. The standard InChI is InChI=1S/C17H14F3N5O3/c1-10-4-14(26)12(7-21-10)8-25-15(27)3-2-13(24-25)11-5-22-16(23-6-11)28-9-17(18,19)20/h2-7H,8-9H2,1H3,(H,21,26). The fourth-order valence-corrected chi connectivity index (χ4v) is 2.24. The quantitative estimate of drug-likeness (QED) is 0.708. The third-order valence-corrected chi connectivity index (χ3v) is 3.57. The van der Waals surface area contributed by atoms with E-state index < -0.39 is 24.4 Å². The van der Waals surface area contributed by atoms with Crippen molar-refractivity contribution in [3.8, 4) is 23.0 Å². The molecule has 0 radical (unpaired) electrons. The number of aryl methyl sites for hydroxylation is 1. The van der Waals surface area contributed by atoms with Crippen LogP contribution in [-0.2, 0) is 6.54 Å². The highest BCUT2D eigenvalue weighted by atomic mass is 19.4. The lowest BCUT2D eigenvalue weighted by molar-refractivity contribution is -0.154. The first-order valence-electron chi connectivity index (χ1n) is 7.96. The van der Waals surface area contributed by atoms with Crippen LogP contribution in [0.1, 0.15) is 11.3 Å². The van der Waals surface area contributed by atoms with Crippen LogP contribution in [0.5, 0.6) is 11.8 Å². The molecule has 0 bridgehead atoms.